The summed E-state index contributed by atoms with van der Waals surface area (Å²) in [4.78, 5) is 26.5. The van der Waals surface area contributed by atoms with Crippen molar-refractivity contribution in [3.63, 3.8) is 0 Å². The van der Waals surface area contributed by atoms with Gasteiger partial charge in [0.25, 0.3) is 5.91 Å². The van der Waals surface area contributed by atoms with Crippen molar-refractivity contribution < 1.29 is 9.59 Å². The van der Waals surface area contributed by atoms with Gasteiger partial charge in [-0.1, -0.05) is 48.0 Å². The monoisotopic (exact) mass is 360 g/mol. The Balaban J connectivity index is 1.82. The van der Waals surface area contributed by atoms with Crippen LogP contribution in [0.15, 0.2) is 49.0 Å². The molecule has 0 radical (unpaired) electrons. The quantitative estimate of drug-likeness (QED) is 0.878. The molecule has 1 aliphatic heterocycles. The maximum atomic E-state index is 12.6. The highest BCUT2D eigenvalue weighted by Crippen LogP contribution is 2.33. The van der Waals surface area contributed by atoms with Gasteiger partial charge in [0.15, 0.2) is 0 Å². The highest BCUT2D eigenvalue weighted by molar-refractivity contribution is 6.36. The van der Waals surface area contributed by atoms with E-state index >= 15 is 0 Å². The van der Waals surface area contributed by atoms with E-state index in [1.54, 1.807) is 37.3 Å². The van der Waals surface area contributed by atoms with E-state index < -0.39 is 6.04 Å². The van der Waals surface area contributed by atoms with Crippen molar-refractivity contribution in [1.82, 2.24) is 4.90 Å². The Morgan fingerprint density at radius 2 is 1.83 bits per heavy atom. The summed E-state index contributed by atoms with van der Waals surface area (Å²) >= 11 is 11.9. The van der Waals surface area contributed by atoms with Crippen molar-refractivity contribution in [2.45, 2.75) is 13.0 Å². The number of fused-ring (bicyclic) bond motifs is 1. The summed E-state index contributed by atoms with van der Waals surface area (Å²) in [5, 5.41) is 3.53. The molecule has 2 aromatic rings. The lowest BCUT2D eigenvalue weighted by molar-refractivity contribution is -0.119. The van der Waals surface area contributed by atoms with Crippen molar-refractivity contribution in [3.8, 4) is 0 Å². The number of halogens is 2. The minimum atomic E-state index is -0.732. The number of rotatable bonds is 3. The third kappa shape index (κ3) is 2.79. The van der Waals surface area contributed by atoms with E-state index in [4.69, 9.17) is 23.2 Å². The van der Waals surface area contributed by atoms with Crippen LogP contribution >= 0.6 is 23.2 Å². The molecule has 1 atom stereocenters. The van der Waals surface area contributed by atoms with Crippen molar-refractivity contribution in [1.29, 1.82) is 0 Å². The molecule has 4 nitrogen and oxygen atoms in total. The number of nitrogens with one attached hydrogen (secondary N) is 1. The van der Waals surface area contributed by atoms with Gasteiger partial charge in [0.05, 0.1) is 10.7 Å². The minimum Gasteiger partial charge on any atom is -0.323 e. The first-order valence-electron chi connectivity index (χ1n) is 7.28. The molecule has 1 heterocycles. The molecule has 0 aromatic heterocycles. The standard InChI is InChI=1S/C18H14Cl2N2O2/c1-10-13-5-3-4-6-14(13)18(24)22(10)11(2)17(23)21-16-8-7-12(19)9-15(16)20/h3-9,11H,1H2,2H3,(H,21,23)/t11-/m1/s1. The summed E-state index contributed by atoms with van der Waals surface area (Å²) in [6, 6.07) is 11.2. The topological polar surface area (TPSA) is 49.4 Å². The molecule has 0 bridgehead atoms. The van der Waals surface area contributed by atoms with Crippen LogP contribution in [0.4, 0.5) is 5.69 Å². The SMILES string of the molecule is C=C1c2ccccc2C(=O)N1[C@H](C)C(=O)Nc1ccc(Cl)cc1Cl. The van der Waals surface area contributed by atoms with Gasteiger partial charge in [-0.2, -0.15) is 0 Å². The largest absolute Gasteiger partial charge is 0.323 e. The highest BCUT2D eigenvalue weighted by atomic mass is 35.5. The first-order valence-corrected chi connectivity index (χ1v) is 8.03. The van der Waals surface area contributed by atoms with E-state index in [1.165, 1.54) is 4.90 Å². The number of amides is 2. The lowest BCUT2D eigenvalue weighted by Crippen LogP contribution is -2.41. The van der Waals surface area contributed by atoms with Crippen LogP contribution in [0.5, 0.6) is 0 Å². The normalized spacial score (nSPS) is 14.5. The van der Waals surface area contributed by atoms with Crippen LogP contribution in [-0.2, 0) is 4.79 Å². The zero-order chi connectivity index (χ0) is 17.4. The molecule has 0 fully saturated rings. The van der Waals surface area contributed by atoms with Gasteiger partial charge in [-0.05, 0) is 31.2 Å². The molecule has 24 heavy (non-hydrogen) atoms. The van der Waals surface area contributed by atoms with Crippen LogP contribution in [0.2, 0.25) is 10.0 Å². The van der Waals surface area contributed by atoms with Gasteiger partial charge < -0.3 is 5.32 Å². The van der Waals surface area contributed by atoms with Crippen LogP contribution in [0.25, 0.3) is 5.70 Å². The molecule has 1 aliphatic rings. The second kappa shape index (κ2) is 6.30. The fourth-order valence-electron chi connectivity index (χ4n) is 2.66. The second-order valence-corrected chi connectivity index (χ2v) is 6.30. The number of hydrogen-bond acceptors (Lipinski definition) is 2. The lowest BCUT2D eigenvalue weighted by Gasteiger charge is -2.24. The third-order valence-electron chi connectivity index (χ3n) is 3.93. The molecular formula is C18H14Cl2N2O2. The Morgan fingerprint density at radius 3 is 2.46 bits per heavy atom. The minimum absolute atomic E-state index is 0.236. The number of carbonyl (C=O) groups is 2. The summed E-state index contributed by atoms with van der Waals surface area (Å²) < 4.78 is 0. The number of carbonyl (C=O) groups excluding carboxylic acids is 2. The van der Waals surface area contributed by atoms with Gasteiger partial charge >= 0.3 is 0 Å². The molecule has 2 amide bonds. The van der Waals surface area contributed by atoms with Gasteiger partial charge in [0.1, 0.15) is 6.04 Å². The maximum Gasteiger partial charge on any atom is 0.259 e. The molecule has 0 unspecified atom stereocenters. The van der Waals surface area contributed by atoms with E-state index in [-0.39, 0.29) is 11.8 Å². The molecule has 0 aliphatic carbocycles. The number of anilines is 1. The molecule has 2 aromatic carbocycles. The predicted molar refractivity (Wildman–Crippen MR) is 96.2 cm³/mol. The zero-order valence-corrected chi connectivity index (χ0v) is 14.4. The van der Waals surface area contributed by atoms with Crippen LogP contribution in [0, 0.1) is 0 Å². The van der Waals surface area contributed by atoms with E-state index in [0.29, 0.717) is 27.0 Å². The first-order chi connectivity index (χ1) is 11.4. The summed E-state index contributed by atoms with van der Waals surface area (Å²) in [7, 11) is 0. The highest BCUT2D eigenvalue weighted by Gasteiger charge is 2.36. The molecule has 0 saturated carbocycles. The van der Waals surface area contributed by atoms with E-state index in [9.17, 15) is 9.59 Å². The summed E-state index contributed by atoms with van der Waals surface area (Å²) in [6.07, 6.45) is 0. The Hall–Kier alpha value is -2.30. The summed E-state index contributed by atoms with van der Waals surface area (Å²) in [5.74, 6) is -0.595. The van der Waals surface area contributed by atoms with Gasteiger partial charge in [0.2, 0.25) is 5.91 Å². The van der Waals surface area contributed by atoms with Crippen LogP contribution < -0.4 is 5.32 Å². The Morgan fingerprint density at radius 1 is 1.17 bits per heavy atom. The smallest absolute Gasteiger partial charge is 0.259 e. The van der Waals surface area contributed by atoms with E-state index in [2.05, 4.69) is 11.9 Å². The lowest BCUT2D eigenvalue weighted by atomic mass is 10.1. The number of hydrogen-bond donors (Lipinski definition) is 1. The first kappa shape index (κ1) is 16.6. The number of nitrogens with zero attached hydrogens (tertiary/aromatic N) is 1. The van der Waals surface area contributed by atoms with Crippen molar-refractivity contribution in [2.24, 2.45) is 0 Å². The molecule has 0 spiro atoms. The Bertz CT molecular complexity index is 829. The molecular weight excluding hydrogens is 347 g/mol. The molecule has 1 N–H and O–H groups in total. The van der Waals surface area contributed by atoms with Crippen LogP contribution in [-0.4, -0.2) is 22.8 Å². The van der Waals surface area contributed by atoms with Crippen LogP contribution in [0.1, 0.15) is 22.8 Å². The summed E-state index contributed by atoms with van der Waals surface area (Å²) in [6.45, 7) is 5.60. The van der Waals surface area contributed by atoms with Gasteiger partial charge in [-0.15, -0.1) is 0 Å². The van der Waals surface area contributed by atoms with Crippen molar-refractivity contribution >= 4 is 46.4 Å². The average Bonchev–Trinajstić information content (AvgIpc) is 2.81. The summed E-state index contributed by atoms with van der Waals surface area (Å²) in [5.41, 5.74) is 2.24. The van der Waals surface area contributed by atoms with Gasteiger partial charge in [-0.25, -0.2) is 0 Å². The molecule has 0 saturated heterocycles. The fraction of sp³-hybridized carbons (Fsp3) is 0.111. The Kier molecular flexibility index (Phi) is 4.35. The number of benzene rings is 2. The Labute approximate surface area is 149 Å². The second-order valence-electron chi connectivity index (χ2n) is 5.46. The fourth-order valence-corrected chi connectivity index (χ4v) is 3.11. The predicted octanol–water partition coefficient (Wildman–Crippen LogP) is 4.45. The van der Waals surface area contributed by atoms with Crippen LogP contribution in [0.3, 0.4) is 0 Å². The molecule has 6 heteroatoms. The third-order valence-corrected chi connectivity index (χ3v) is 4.48. The van der Waals surface area contributed by atoms with Gasteiger partial charge in [-0.3, -0.25) is 14.5 Å². The van der Waals surface area contributed by atoms with Gasteiger partial charge in [0, 0.05) is 21.8 Å². The maximum absolute atomic E-state index is 12.6. The van der Waals surface area contributed by atoms with Crippen molar-refractivity contribution in [3.05, 3.63) is 70.2 Å². The average molecular weight is 361 g/mol. The molecule has 3 rings (SSSR count). The van der Waals surface area contributed by atoms with E-state index in [0.717, 1.165) is 5.56 Å². The van der Waals surface area contributed by atoms with Crippen molar-refractivity contribution in [2.75, 3.05) is 5.32 Å². The van der Waals surface area contributed by atoms with E-state index in [1.807, 2.05) is 12.1 Å². The molecule has 122 valence electrons. The zero-order valence-electron chi connectivity index (χ0n) is 12.8.